The average Bonchev–Trinajstić information content (AvgIpc) is 2.90. The van der Waals surface area contributed by atoms with Crippen LogP contribution in [0.5, 0.6) is 0 Å². The van der Waals surface area contributed by atoms with E-state index < -0.39 is 0 Å². The maximum absolute atomic E-state index is 11.7. The van der Waals surface area contributed by atoms with Crippen LogP contribution in [-0.4, -0.2) is 23.7 Å². The van der Waals surface area contributed by atoms with Crippen LogP contribution < -0.4 is 5.32 Å². The van der Waals surface area contributed by atoms with Crippen LogP contribution in [0.25, 0.3) is 0 Å². The molecule has 3 unspecified atom stereocenters. The number of rotatable bonds is 5. The zero-order valence-electron chi connectivity index (χ0n) is 11.1. The van der Waals surface area contributed by atoms with Crippen molar-refractivity contribution >= 4 is 5.91 Å². The van der Waals surface area contributed by atoms with Gasteiger partial charge in [0, 0.05) is 17.9 Å². The Balaban J connectivity index is 2.38. The predicted molar refractivity (Wildman–Crippen MR) is 64.9 cm³/mol. The van der Waals surface area contributed by atoms with Crippen molar-refractivity contribution in [2.75, 3.05) is 6.54 Å². The fraction of sp³-hybridized carbons (Fsp3) is 0.923. The molecule has 0 bridgehead atoms. The van der Waals surface area contributed by atoms with Gasteiger partial charge in [-0.2, -0.15) is 0 Å². The molecule has 1 saturated carbocycles. The minimum atomic E-state index is -0.385. The summed E-state index contributed by atoms with van der Waals surface area (Å²) in [4.78, 5) is 11.7. The van der Waals surface area contributed by atoms with Gasteiger partial charge in [-0.15, -0.1) is 0 Å². The minimum Gasteiger partial charge on any atom is -0.392 e. The zero-order valence-corrected chi connectivity index (χ0v) is 11.1. The van der Waals surface area contributed by atoms with Crippen LogP contribution in [0.3, 0.4) is 0 Å². The van der Waals surface area contributed by atoms with E-state index in [0.717, 1.165) is 6.42 Å². The summed E-state index contributed by atoms with van der Waals surface area (Å²) in [5.74, 6) is 1.12. The quantitative estimate of drug-likeness (QED) is 0.752. The molecular weight excluding hydrogens is 202 g/mol. The van der Waals surface area contributed by atoms with Crippen molar-refractivity contribution in [2.24, 2.45) is 23.2 Å². The second-order valence-corrected chi connectivity index (χ2v) is 6.21. The van der Waals surface area contributed by atoms with E-state index in [1.54, 1.807) is 0 Å². The van der Waals surface area contributed by atoms with Crippen molar-refractivity contribution in [3.8, 4) is 0 Å². The van der Waals surface area contributed by atoms with Gasteiger partial charge in [-0.1, -0.05) is 34.6 Å². The molecule has 94 valence electrons. The molecule has 0 aliphatic heterocycles. The summed E-state index contributed by atoms with van der Waals surface area (Å²) in [6.07, 6.45) is 0.628. The summed E-state index contributed by atoms with van der Waals surface area (Å²) in [5, 5.41) is 13.0. The number of amides is 1. The Labute approximate surface area is 98.6 Å². The van der Waals surface area contributed by atoms with Crippen molar-refractivity contribution in [1.82, 2.24) is 5.32 Å². The zero-order chi connectivity index (χ0) is 12.5. The van der Waals surface area contributed by atoms with Gasteiger partial charge >= 0.3 is 0 Å². The van der Waals surface area contributed by atoms with E-state index in [1.807, 2.05) is 27.7 Å². The first kappa shape index (κ1) is 13.5. The van der Waals surface area contributed by atoms with Gasteiger partial charge in [0.2, 0.25) is 5.91 Å². The number of carbonyl (C=O) groups excluding carboxylic acids is 1. The van der Waals surface area contributed by atoms with E-state index in [-0.39, 0.29) is 29.3 Å². The van der Waals surface area contributed by atoms with Gasteiger partial charge in [0.25, 0.3) is 0 Å². The molecule has 1 aliphatic rings. The van der Waals surface area contributed by atoms with Gasteiger partial charge in [0.15, 0.2) is 0 Å². The smallest absolute Gasteiger partial charge is 0.223 e. The molecule has 3 heteroatoms. The summed E-state index contributed by atoms with van der Waals surface area (Å²) in [5.41, 5.74) is -0.262. The first-order chi connectivity index (χ1) is 7.25. The molecule has 1 aliphatic carbocycles. The van der Waals surface area contributed by atoms with Crippen LogP contribution in [0, 0.1) is 23.2 Å². The topological polar surface area (TPSA) is 49.3 Å². The first-order valence-electron chi connectivity index (χ1n) is 6.21. The number of aliphatic hydroxyl groups is 1. The molecule has 0 spiro atoms. The van der Waals surface area contributed by atoms with Crippen LogP contribution in [0.15, 0.2) is 0 Å². The second-order valence-electron chi connectivity index (χ2n) is 6.21. The van der Waals surface area contributed by atoms with Crippen molar-refractivity contribution in [1.29, 1.82) is 0 Å². The van der Waals surface area contributed by atoms with E-state index in [1.165, 1.54) is 0 Å². The molecule has 0 saturated heterocycles. The predicted octanol–water partition coefficient (Wildman–Crippen LogP) is 1.80. The standard InChI is InChI=1S/C13H25NO2/c1-8(2)11(15)13(4,5)7-14-12(16)10-6-9(10)3/h8-11,15H,6-7H2,1-5H3,(H,14,16). The van der Waals surface area contributed by atoms with Gasteiger partial charge in [-0.05, 0) is 18.3 Å². The highest BCUT2D eigenvalue weighted by Crippen LogP contribution is 2.37. The summed E-state index contributed by atoms with van der Waals surface area (Å²) in [7, 11) is 0. The van der Waals surface area contributed by atoms with Crippen LogP contribution in [-0.2, 0) is 4.79 Å². The van der Waals surface area contributed by atoms with Crippen LogP contribution in [0.4, 0.5) is 0 Å². The molecule has 3 atom stereocenters. The largest absolute Gasteiger partial charge is 0.392 e. The Morgan fingerprint density at radius 1 is 1.50 bits per heavy atom. The number of aliphatic hydroxyl groups excluding tert-OH is 1. The molecular formula is C13H25NO2. The van der Waals surface area contributed by atoms with Crippen molar-refractivity contribution in [2.45, 2.75) is 47.1 Å². The molecule has 1 rings (SSSR count). The van der Waals surface area contributed by atoms with Crippen molar-refractivity contribution < 1.29 is 9.90 Å². The molecule has 0 radical (unpaired) electrons. The Bertz CT molecular complexity index is 261. The highest BCUT2D eigenvalue weighted by molar-refractivity contribution is 5.81. The lowest BCUT2D eigenvalue weighted by Gasteiger charge is -2.33. The molecule has 1 fully saturated rings. The number of carbonyl (C=O) groups is 1. The van der Waals surface area contributed by atoms with Gasteiger partial charge in [0.1, 0.15) is 0 Å². The van der Waals surface area contributed by atoms with Crippen molar-refractivity contribution in [3.63, 3.8) is 0 Å². The van der Waals surface area contributed by atoms with Crippen LogP contribution >= 0.6 is 0 Å². The van der Waals surface area contributed by atoms with E-state index in [2.05, 4.69) is 12.2 Å². The first-order valence-corrected chi connectivity index (χ1v) is 6.21. The summed E-state index contributed by atoms with van der Waals surface area (Å²) in [6.45, 7) is 10.6. The summed E-state index contributed by atoms with van der Waals surface area (Å²) >= 11 is 0. The maximum atomic E-state index is 11.7. The van der Waals surface area contributed by atoms with E-state index >= 15 is 0 Å². The van der Waals surface area contributed by atoms with Crippen molar-refractivity contribution in [3.05, 3.63) is 0 Å². The van der Waals surface area contributed by atoms with E-state index in [0.29, 0.717) is 12.5 Å². The van der Waals surface area contributed by atoms with E-state index in [9.17, 15) is 9.90 Å². The van der Waals surface area contributed by atoms with Gasteiger partial charge in [-0.25, -0.2) is 0 Å². The molecule has 2 N–H and O–H groups in total. The molecule has 16 heavy (non-hydrogen) atoms. The Kier molecular flexibility index (Phi) is 4.00. The summed E-state index contributed by atoms with van der Waals surface area (Å²) < 4.78 is 0. The third-order valence-electron chi connectivity index (χ3n) is 3.60. The average molecular weight is 227 g/mol. The lowest BCUT2D eigenvalue weighted by molar-refractivity contribution is -0.123. The molecule has 0 aromatic rings. The minimum absolute atomic E-state index is 0.150. The number of hydrogen-bond donors (Lipinski definition) is 2. The normalized spacial score (nSPS) is 26.7. The molecule has 1 amide bonds. The Morgan fingerprint density at radius 2 is 2.00 bits per heavy atom. The highest BCUT2D eigenvalue weighted by Gasteiger charge is 2.40. The van der Waals surface area contributed by atoms with Gasteiger partial charge in [0.05, 0.1) is 6.10 Å². The van der Waals surface area contributed by atoms with Gasteiger partial charge < -0.3 is 10.4 Å². The third-order valence-corrected chi connectivity index (χ3v) is 3.60. The SMILES string of the molecule is CC(C)C(O)C(C)(C)CNC(=O)C1CC1C. The molecule has 0 aromatic heterocycles. The van der Waals surface area contributed by atoms with Gasteiger partial charge in [-0.3, -0.25) is 4.79 Å². The van der Waals surface area contributed by atoms with Crippen LogP contribution in [0.2, 0.25) is 0 Å². The van der Waals surface area contributed by atoms with E-state index in [4.69, 9.17) is 0 Å². The number of nitrogens with one attached hydrogen (secondary N) is 1. The Hall–Kier alpha value is -0.570. The molecule has 0 aromatic carbocycles. The monoisotopic (exact) mass is 227 g/mol. The molecule has 3 nitrogen and oxygen atoms in total. The summed E-state index contributed by atoms with van der Waals surface area (Å²) in [6, 6.07) is 0. The lowest BCUT2D eigenvalue weighted by Crippen LogP contribution is -2.44. The molecule has 0 heterocycles. The fourth-order valence-electron chi connectivity index (χ4n) is 2.14. The maximum Gasteiger partial charge on any atom is 0.223 e. The number of hydrogen-bond acceptors (Lipinski definition) is 2. The highest BCUT2D eigenvalue weighted by atomic mass is 16.3. The van der Waals surface area contributed by atoms with Crippen LogP contribution in [0.1, 0.15) is 41.0 Å². The second kappa shape index (κ2) is 4.74. The fourth-order valence-corrected chi connectivity index (χ4v) is 2.14. The third kappa shape index (κ3) is 3.21. The Morgan fingerprint density at radius 3 is 2.38 bits per heavy atom. The lowest BCUT2D eigenvalue weighted by atomic mass is 9.80.